The van der Waals surface area contributed by atoms with Crippen molar-refractivity contribution in [1.29, 1.82) is 0 Å². The molecule has 0 heterocycles. The summed E-state index contributed by atoms with van der Waals surface area (Å²) in [6, 6.07) is 10.4. The zero-order valence-corrected chi connectivity index (χ0v) is 12.4. The van der Waals surface area contributed by atoms with Gasteiger partial charge in [-0.25, -0.2) is 26.3 Å². The van der Waals surface area contributed by atoms with Gasteiger partial charge in [0.25, 0.3) is 0 Å². The van der Waals surface area contributed by atoms with Gasteiger partial charge in [0.05, 0.1) is 0 Å². The van der Waals surface area contributed by atoms with Crippen LogP contribution in [0.1, 0.15) is 22.6 Å². The van der Waals surface area contributed by atoms with Gasteiger partial charge in [0.1, 0.15) is 5.82 Å². The highest BCUT2D eigenvalue weighted by Gasteiger charge is 2.38. The zero-order chi connectivity index (χ0) is 17.9. The van der Waals surface area contributed by atoms with Crippen molar-refractivity contribution in [3.63, 3.8) is 0 Å². The van der Waals surface area contributed by atoms with E-state index < -0.39 is 46.4 Å². The van der Waals surface area contributed by atoms with Gasteiger partial charge in [-0.05, 0) is 22.8 Å². The number of fused-ring (bicyclic) bond motifs is 3. The van der Waals surface area contributed by atoms with Crippen LogP contribution in [0, 0.1) is 34.9 Å². The van der Waals surface area contributed by atoms with Crippen molar-refractivity contribution in [1.82, 2.24) is 0 Å². The zero-order valence-electron chi connectivity index (χ0n) is 12.4. The fraction of sp³-hybridized carbons (Fsp3) is 0.0526. The Balaban J connectivity index is 2.12. The first kappa shape index (κ1) is 15.7. The monoisotopic (exact) mass is 350 g/mol. The molecule has 0 fully saturated rings. The molecule has 25 heavy (non-hydrogen) atoms. The Labute approximate surface area is 138 Å². The molecule has 0 amide bonds. The third-order valence-electron chi connectivity index (χ3n) is 4.44. The minimum atomic E-state index is -2.24. The Hall–Kier alpha value is -2.76. The van der Waals surface area contributed by atoms with Gasteiger partial charge in [-0.15, -0.1) is 0 Å². The van der Waals surface area contributed by atoms with Crippen LogP contribution in [0.3, 0.4) is 0 Å². The predicted molar refractivity (Wildman–Crippen MR) is 79.0 cm³/mol. The standard InChI is InChI=1S/C19H8F6/c20-11-7-3-6-9-8-4-1-2-5-10(8)13(12(9)11)14-15(21)17(23)19(25)18(24)16(14)22/h1-7,13H. The first-order valence-electron chi connectivity index (χ1n) is 7.32. The Kier molecular flexibility index (Phi) is 3.39. The average Bonchev–Trinajstić information content (AvgIpc) is 2.95. The van der Waals surface area contributed by atoms with Crippen molar-refractivity contribution in [3.8, 4) is 11.1 Å². The number of rotatable bonds is 1. The molecule has 1 aliphatic carbocycles. The fourth-order valence-corrected chi connectivity index (χ4v) is 3.39. The molecule has 0 spiro atoms. The number of hydrogen-bond acceptors (Lipinski definition) is 0. The summed E-state index contributed by atoms with van der Waals surface area (Å²) < 4.78 is 83.8. The van der Waals surface area contributed by atoms with E-state index in [1.54, 1.807) is 24.3 Å². The quantitative estimate of drug-likeness (QED) is 0.235. The lowest BCUT2D eigenvalue weighted by Crippen LogP contribution is -2.13. The first-order valence-corrected chi connectivity index (χ1v) is 7.32. The van der Waals surface area contributed by atoms with Crippen LogP contribution in [0.15, 0.2) is 42.5 Å². The number of halogens is 6. The second kappa shape index (κ2) is 5.37. The normalized spacial score (nSPS) is 15.2. The Bertz CT molecular complexity index is 996. The maximum atomic E-state index is 14.4. The molecule has 1 unspecified atom stereocenters. The number of hydrogen-bond donors (Lipinski definition) is 0. The van der Waals surface area contributed by atoms with Crippen LogP contribution in [-0.2, 0) is 0 Å². The summed E-state index contributed by atoms with van der Waals surface area (Å²) in [6.45, 7) is 0. The van der Waals surface area contributed by atoms with E-state index in [1.165, 1.54) is 12.1 Å². The van der Waals surface area contributed by atoms with Gasteiger partial charge >= 0.3 is 0 Å². The highest BCUT2D eigenvalue weighted by atomic mass is 19.2. The molecule has 0 nitrogen and oxygen atoms in total. The first-order chi connectivity index (χ1) is 11.9. The lowest BCUT2D eigenvalue weighted by atomic mass is 9.88. The van der Waals surface area contributed by atoms with Gasteiger partial charge in [0.2, 0.25) is 5.82 Å². The van der Waals surface area contributed by atoms with Gasteiger partial charge in [0.15, 0.2) is 23.3 Å². The highest BCUT2D eigenvalue weighted by molar-refractivity contribution is 5.80. The topological polar surface area (TPSA) is 0 Å². The van der Waals surface area contributed by atoms with Crippen molar-refractivity contribution in [3.05, 3.63) is 94.1 Å². The molecule has 3 aromatic rings. The van der Waals surface area contributed by atoms with Gasteiger partial charge in [-0.2, -0.15) is 0 Å². The Morgan fingerprint density at radius 3 is 1.76 bits per heavy atom. The third kappa shape index (κ3) is 2.03. The van der Waals surface area contributed by atoms with E-state index in [2.05, 4.69) is 0 Å². The maximum Gasteiger partial charge on any atom is 0.200 e. The molecule has 0 radical (unpaired) electrons. The highest BCUT2D eigenvalue weighted by Crippen LogP contribution is 2.50. The van der Waals surface area contributed by atoms with Gasteiger partial charge in [0, 0.05) is 17.0 Å². The summed E-state index contributed by atoms with van der Waals surface area (Å²) in [5.74, 6) is -12.4. The van der Waals surface area contributed by atoms with E-state index in [4.69, 9.17) is 0 Å². The molecule has 1 aliphatic rings. The molecule has 3 aromatic carbocycles. The van der Waals surface area contributed by atoms with Crippen LogP contribution < -0.4 is 0 Å². The maximum absolute atomic E-state index is 14.4. The Morgan fingerprint density at radius 2 is 1.08 bits per heavy atom. The molecule has 0 aromatic heterocycles. The average molecular weight is 350 g/mol. The van der Waals surface area contributed by atoms with E-state index in [9.17, 15) is 26.3 Å². The van der Waals surface area contributed by atoms with Gasteiger partial charge in [-0.3, -0.25) is 0 Å². The second-order valence-corrected chi connectivity index (χ2v) is 5.70. The fourth-order valence-electron chi connectivity index (χ4n) is 3.39. The summed E-state index contributed by atoms with van der Waals surface area (Å²) in [5, 5.41) is 0. The molecule has 0 saturated carbocycles. The molecule has 1 atom stereocenters. The predicted octanol–water partition coefficient (Wildman–Crippen LogP) is 5.68. The molecular weight excluding hydrogens is 342 g/mol. The summed E-state index contributed by atoms with van der Waals surface area (Å²) >= 11 is 0. The van der Waals surface area contributed by atoms with E-state index in [-0.39, 0.29) is 11.1 Å². The van der Waals surface area contributed by atoms with Crippen LogP contribution >= 0.6 is 0 Å². The molecule has 4 rings (SSSR count). The van der Waals surface area contributed by atoms with Crippen molar-refractivity contribution in [2.45, 2.75) is 5.92 Å². The van der Waals surface area contributed by atoms with E-state index in [1.807, 2.05) is 0 Å². The van der Waals surface area contributed by atoms with Crippen LogP contribution in [0.4, 0.5) is 26.3 Å². The van der Waals surface area contributed by atoms with Crippen molar-refractivity contribution in [2.24, 2.45) is 0 Å². The van der Waals surface area contributed by atoms with E-state index in [0.717, 1.165) is 6.07 Å². The number of benzene rings is 3. The molecule has 0 N–H and O–H groups in total. The van der Waals surface area contributed by atoms with Gasteiger partial charge < -0.3 is 0 Å². The Morgan fingerprint density at radius 1 is 0.520 bits per heavy atom. The lowest BCUT2D eigenvalue weighted by Gasteiger charge is -2.17. The second-order valence-electron chi connectivity index (χ2n) is 5.70. The largest absolute Gasteiger partial charge is 0.207 e. The molecule has 0 bridgehead atoms. The molecule has 126 valence electrons. The molecule has 0 aliphatic heterocycles. The summed E-state index contributed by atoms with van der Waals surface area (Å²) in [6.07, 6.45) is 0. The van der Waals surface area contributed by atoms with E-state index >= 15 is 0 Å². The molecule has 0 saturated heterocycles. The SMILES string of the molecule is Fc1cccc2c1C(c1c(F)c(F)c(F)c(F)c1F)c1ccccc1-2. The minimum absolute atomic E-state index is 0.105. The van der Waals surface area contributed by atoms with Crippen molar-refractivity contribution in [2.75, 3.05) is 0 Å². The molecule has 6 heteroatoms. The van der Waals surface area contributed by atoms with Crippen molar-refractivity contribution >= 4 is 0 Å². The lowest BCUT2D eigenvalue weighted by molar-refractivity contribution is 0.369. The summed E-state index contributed by atoms with van der Waals surface area (Å²) in [7, 11) is 0. The van der Waals surface area contributed by atoms with Crippen LogP contribution in [-0.4, -0.2) is 0 Å². The smallest absolute Gasteiger partial charge is 0.200 e. The van der Waals surface area contributed by atoms with Crippen LogP contribution in [0.5, 0.6) is 0 Å². The summed E-state index contributed by atoms with van der Waals surface area (Å²) in [4.78, 5) is 0. The minimum Gasteiger partial charge on any atom is -0.207 e. The van der Waals surface area contributed by atoms with E-state index in [0.29, 0.717) is 11.1 Å². The van der Waals surface area contributed by atoms with Crippen molar-refractivity contribution < 1.29 is 26.3 Å². The van der Waals surface area contributed by atoms with Crippen LogP contribution in [0.25, 0.3) is 11.1 Å². The van der Waals surface area contributed by atoms with Crippen LogP contribution in [0.2, 0.25) is 0 Å². The summed E-state index contributed by atoms with van der Waals surface area (Å²) in [5.41, 5.74) is -0.0131. The van der Waals surface area contributed by atoms with Gasteiger partial charge in [-0.1, -0.05) is 36.4 Å². The third-order valence-corrected chi connectivity index (χ3v) is 4.44. The molecular formula is C19H8F6.